The first-order chi connectivity index (χ1) is 8.28. The van der Waals surface area contributed by atoms with Crippen molar-refractivity contribution >= 4 is 22.4 Å². The van der Waals surface area contributed by atoms with E-state index in [4.69, 9.17) is 4.74 Å². The number of aryl methyl sites for hydroxylation is 1. The molecule has 2 heterocycles. The van der Waals surface area contributed by atoms with Crippen LogP contribution in [0.3, 0.4) is 0 Å². The van der Waals surface area contributed by atoms with Crippen LogP contribution in [0.1, 0.15) is 18.4 Å². The molecule has 1 aliphatic rings. The Morgan fingerprint density at radius 2 is 2.53 bits per heavy atom. The average molecular weight is 256 g/mol. The van der Waals surface area contributed by atoms with Crippen LogP contribution >= 0.6 is 11.3 Å². The highest BCUT2D eigenvalue weighted by Crippen LogP contribution is 2.15. The molecule has 0 radical (unpaired) electrons. The topological polar surface area (TPSA) is 76.1 Å². The van der Waals surface area contributed by atoms with Crippen LogP contribution in [-0.2, 0) is 16.0 Å². The van der Waals surface area contributed by atoms with Crippen LogP contribution < -0.4 is 10.6 Å². The number of anilines is 1. The van der Waals surface area contributed by atoms with Gasteiger partial charge in [0.05, 0.1) is 13.2 Å². The summed E-state index contributed by atoms with van der Waals surface area (Å²) in [6, 6.07) is 0.0994. The zero-order valence-electron chi connectivity index (χ0n) is 9.73. The quantitative estimate of drug-likeness (QED) is 0.816. The Balaban J connectivity index is 1.79. The van der Waals surface area contributed by atoms with Crippen molar-refractivity contribution in [2.24, 2.45) is 0 Å². The van der Waals surface area contributed by atoms with Gasteiger partial charge in [0.1, 0.15) is 5.01 Å². The van der Waals surface area contributed by atoms with E-state index in [-0.39, 0.29) is 11.9 Å². The van der Waals surface area contributed by atoms with E-state index in [1.165, 1.54) is 11.3 Å². The lowest BCUT2D eigenvalue weighted by molar-refractivity contribution is -0.117. The second-order valence-corrected chi connectivity index (χ2v) is 4.89. The number of rotatable bonds is 4. The zero-order chi connectivity index (χ0) is 12.1. The van der Waals surface area contributed by atoms with Crippen LogP contribution in [0.15, 0.2) is 0 Å². The number of carbonyl (C=O) groups is 1. The van der Waals surface area contributed by atoms with Gasteiger partial charge in [-0.2, -0.15) is 0 Å². The van der Waals surface area contributed by atoms with Gasteiger partial charge in [0, 0.05) is 19.0 Å². The van der Waals surface area contributed by atoms with E-state index in [0.717, 1.165) is 18.0 Å². The first-order valence-electron chi connectivity index (χ1n) is 5.71. The summed E-state index contributed by atoms with van der Waals surface area (Å²) < 4.78 is 5.29. The summed E-state index contributed by atoms with van der Waals surface area (Å²) in [7, 11) is 0. The maximum atomic E-state index is 11.7. The van der Waals surface area contributed by atoms with Crippen molar-refractivity contribution in [3.05, 3.63) is 5.01 Å². The third-order valence-corrected chi connectivity index (χ3v) is 3.43. The third kappa shape index (κ3) is 3.72. The molecule has 1 aromatic heterocycles. The van der Waals surface area contributed by atoms with E-state index >= 15 is 0 Å². The Morgan fingerprint density at radius 1 is 1.65 bits per heavy atom. The average Bonchev–Trinajstić information content (AvgIpc) is 2.78. The van der Waals surface area contributed by atoms with Crippen molar-refractivity contribution in [2.75, 3.05) is 25.1 Å². The van der Waals surface area contributed by atoms with Crippen LogP contribution in [0, 0.1) is 0 Å². The number of morpholine rings is 1. The fraction of sp³-hybridized carbons (Fsp3) is 0.700. The zero-order valence-corrected chi connectivity index (χ0v) is 10.5. The van der Waals surface area contributed by atoms with Crippen molar-refractivity contribution in [2.45, 2.75) is 25.8 Å². The van der Waals surface area contributed by atoms with Crippen LogP contribution in [-0.4, -0.2) is 41.9 Å². The molecule has 6 nitrogen and oxygen atoms in total. The van der Waals surface area contributed by atoms with Gasteiger partial charge in [-0.25, -0.2) is 0 Å². The highest BCUT2D eigenvalue weighted by molar-refractivity contribution is 7.15. The molecule has 0 aliphatic carbocycles. The van der Waals surface area contributed by atoms with Gasteiger partial charge in [-0.1, -0.05) is 18.3 Å². The number of ether oxygens (including phenoxy) is 1. The van der Waals surface area contributed by atoms with E-state index in [1.54, 1.807) is 0 Å². The first-order valence-corrected chi connectivity index (χ1v) is 6.53. The van der Waals surface area contributed by atoms with Crippen molar-refractivity contribution < 1.29 is 9.53 Å². The minimum Gasteiger partial charge on any atom is -0.378 e. The maximum absolute atomic E-state index is 11.7. The molecule has 0 aromatic carbocycles. The molecule has 1 aliphatic heterocycles. The molecule has 94 valence electrons. The van der Waals surface area contributed by atoms with Gasteiger partial charge in [0.25, 0.3) is 0 Å². The predicted octanol–water partition coefficient (Wildman–Crippen LogP) is 0.417. The summed E-state index contributed by atoms with van der Waals surface area (Å²) in [6.45, 7) is 4.12. The van der Waals surface area contributed by atoms with Crippen molar-refractivity contribution in [3.63, 3.8) is 0 Å². The molecule has 2 N–H and O–H groups in total. The van der Waals surface area contributed by atoms with Crippen LogP contribution in [0.2, 0.25) is 0 Å². The number of carbonyl (C=O) groups excluding carboxylic acids is 1. The molecule has 1 atom stereocenters. The van der Waals surface area contributed by atoms with Gasteiger partial charge in [0.15, 0.2) is 0 Å². The monoisotopic (exact) mass is 256 g/mol. The van der Waals surface area contributed by atoms with Crippen molar-refractivity contribution in [3.8, 4) is 0 Å². The van der Waals surface area contributed by atoms with Crippen LogP contribution in [0.4, 0.5) is 5.13 Å². The summed E-state index contributed by atoms with van der Waals surface area (Å²) in [6.07, 6.45) is 1.24. The van der Waals surface area contributed by atoms with E-state index < -0.39 is 0 Å². The standard InChI is InChI=1S/C10H16N4O2S/c1-2-9-13-14-10(17-9)12-8(15)5-7-6-16-4-3-11-7/h7,11H,2-6H2,1H3,(H,12,14,15). The lowest BCUT2D eigenvalue weighted by Gasteiger charge is -2.22. The Morgan fingerprint density at radius 3 is 3.18 bits per heavy atom. The number of aromatic nitrogens is 2. The summed E-state index contributed by atoms with van der Waals surface area (Å²) in [4.78, 5) is 11.7. The molecule has 17 heavy (non-hydrogen) atoms. The first kappa shape index (κ1) is 12.4. The molecule has 1 amide bonds. The normalized spacial score (nSPS) is 20.2. The molecule has 1 saturated heterocycles. The van der Waals surface area contributed by atoms with Gasteiger partial charge in [-0.3, -0.25) is 4.79 Å². The van der Waals surface area contributed by atoms with E-state index in [1.807, 2.05) is 6.92 Å². The number of amides is 1. The lowest BCUT2D eigenvalue weighted by atomic mass is 10.2. The Hall–Kier alpha value is -1.05. The van der Waals surface area contributed by atoms with E-state index in [2.05, 4.69) is 20.8 Å². The molecule has 1 unspecified atom stereocenters. The minimum absolute atomic E-state index is 0.0493. The fourth-order valence-electron chi connectivity index (χ4n) is 1.59. The molecular formula is C10H16N4O2S. The number of nitrogens with zero attached hydrogens (tertiary/aromatic N) is 2. The van der Waals surface area contributed by atoms with Crippen LogP contribution in [0.25, 0.3) is 0 Å². The third-order valence-electron chi connectivity index (χ3n) is 2.45. The van der Waals surface area contributed by atoms with E-state index in [0.29, 0.717) is 24.8 Å². The Bertz CT molecular complexity index is 376. The van der Waals surface area contributed by atoms with Crippen molar-refractivity contribution in [1.29, 1.82) is 0 Å². The molecule has 1 fully saturated rings. The van der Waals surface area contributed by atoms with Crippen molar-refractivity contribution in [1.82, 2.24) is 15.5 Å². The van der Waals surface area contributed by atoms with Gasteiger partial charge < -0.3 is 15.4 Å². The predicted molar refractivity (Wildman–Crippen MR) is 65.1 cm³/mol. The van der Waals surface area contributed by atoms with Gasteiger partial charge >= 0.3 is 0 Å². The maximum Gasteiger partial charge on any atom is 0.227 e. The lowest BCUT2D eigenvalue weighted by Crippen LogP contribution is -2.43. The summed E-state index contributed by atoms with van der Waals surface area (Å²) in [5.74, 6) is -0.0493. The highest BCUT2D eigenvalue weighted by Gasteiger charge is 2.17. The Labute approximate surface area is 104 Å². The summed E-state index contributed by atoms with van der Waals surface area (Å²) in [5.41, 5.74) is 0. The molecule has 1 aromatic rings. The molecule has 7 heteroatoms. The summed E-state index contributed by atoms with van der Waals surface area (Å²) in [5, 5.41) is 15.3. The smallest absolute Gasteiger partial charge is 0.227 e. The largest absolute Gasteiger partial charge is 0.378 e. The molecule has 0 spiro atoms. The Kier molecular flexibility index (Phi) is 4.41. The number of hydrogen-bond donors (Lipinski definition) is 2. The van der Waals surface area contributed by atoms with Gasteiger partial charge in [0.2, 0.25) is 11.0 Å². The SMILES string of the molecule is CCc1nnc(NC(=O)CC2COCCN2)s1. The van der Waals surface area contributed by atoms with Gasteiger partial charge in [-0.15, -0.1) is 10.2 Å². The second kappa shape index (κ2) is 6.04. The molecular weight excluding hydrogens is 240 g/mol. The van der Waals surface area contributed by atoms with E-state index in [9.17, 15) is 4.79 Å². The molecule has 0 saturated carbocycles. The molecule has 2 rings (SSSR count). The second-order valence-electron chi connectivity index (χ2n) is 3.83. The molecule has 0 bridgehead atoms. The number of nitrogens with one attached hydrogen (secondary N) is 2. The fourth-order valence-corrected chi connectivity index (χ4v) is 2.29. The van der Waals surface area contributed by atoms with Crippen LogP contribution in [0.5, 0.6) is 0 Å². The van der Waals surface area contributed by atoms with Gasteiger partial charge in [-0.05, 0) is 6.42 Å². The highest BCUT2D eigenvalue weighted by atomic mass is 32.1. The summed E-state index contributed by atoms with van der Waals surface area (Å²) >= 11 is 1.42. The minimum atomic E-state index is -0.0493. The number of hydrogen-bond acceptors (Lipinski definition) is 6.